The van der Waals surface area contributed by atoms with Gasteiger partial charge in [0.2, 0.25) is 0 Å². The molecule has 0 aromatic heterocycles. The zero-order chi connectivity index (χ0) is 7.28. The van der Waals surface area contributed by atoms with Gasteiger partial charge >= 0.3 is 0 Å². The standard InChI is InChI=1S/C5H11N3S/c1-7-5(9-6)4-8(2)3/h4H,1,6H2,2-3H3/b5-4+. The second-order valence-corrected chi connectivity index (χ2v) is 2.36. The monoisotopic (exact) mass is 145 g/mol. The number of aliphatic imine (C=N–C) groups is 1. The molecule has 0 saturated carbocycles. The smallest absolute Gasteiger partial charge is 0.126 e. The SMILES string of the molecule is C=N/C(=C\N(C)C)SN. The molecule has 0 aromatic rings. The van der Waals surface area contributed by atoms with Crippen LogP contribution in [0.25, 0.3) is 0 Å². The maximum Gasteiger partial charge on any atom is 0.126 e. The van der Waals surface area contributed by atoms with E-state index in [1.54, 1.807) is 6.20 Å². The number of hydrogen-bond donors (Lipinski definition) is 1. The first kappa shape index (κ1) is 8.52. The van der Waals surface area contributed by atoms with Crippen LogP contribution in [0.4, 0.5) is 0 Å². The molecule has 0 radical (unpaired) electrons. The summed E-state index contributed by atoms with van der Waals surface area (Å²) >= 11 is 1.09. The first-order chi connectivity index (χ1) is 4.20. The third-order valence-corrected chi connectivity index (χ3v) is 1.12. The first-order valence-electron chi connectivity index (χ1n) is 2.42. The Morgan fingerprint density at radius 3 is 2.44 bits per heavy atom. The lowest BCUT2D eigenvalue weighted by atomic mass is 10.8. The third-order valence-electron chi connectivity index (χ3n) is 0.645. The number of rotatable bonds is 3. The Morgan fingerprint density at radius 2 is 2.33 bits per heavy atom. The molecule has 0 atom stereocenters. The van der Waals surface area contributed by atoms with E-state index in [0.29, 0.717) is 0 Å². The Hall–Kier alpha value is -0.480. The van der Waals surface area contributed by atoms with Crippen LogP contribution < -0.4 is 5.14 Å². The van der Waals surface area contributed by atoms with Crippen LogP contribution >= 0.6 is 11.9 Å². The number of nitrogens with two attached hydrogens (primary N) is 1. The molecule has 0 bridgehead atoms. The normalized spacial score (nSPS) is 11.2. The zero-order valence-electron chi connectivity index (χ0n) is 5.66. The molecule has 0 amide bonds. The van der Waals surface area contributed by atoms with Crippen molar-refractivity contribution >= 4 is 18.7 Å². The molecule has 2 N–H and O–H groups in total. The van der Waals surface area contributed by atoms with Crippen LogP contribution in [0.2, 0.25) is 0 Å². The van der Waals surface area contributed by atoms with Gasteiger partial charge in [0.05, 0.1) is 0 Å². The minimum absolute atomic E-state index is 0.722. The highest BCUT2D eigenvalue weighted by molar-refractivity contribution is 8.00. The largest absolute Gasteiger partial charge is 0.381 e. The lowest BCUT2D eigenvalue weighted by Crippen LogP contribution is -2.01. The average molecular weight is 145 g/mol. The maximum absolute atomic E-state index is 5.22. The fraction of sp³-hybridized carbons (Fsp3) is 0.400. The van der Waals surface area contributed by atoms with Crippen molar-refractivity contribution in [3.8, 4) is 0 Å². The van der Waals surface area contributed by atoms with Crippen molar-refractivity contribution in [2.45, 2.75) is 0 Å². The van der Waals surface area contributed by atoms with Gasteiger partial charge in [-0.3, -0.25) is 10.1 Å². The van der Waals surface area contributed by atoms with Gasteiger partial charge in [-0.2, -0.15) is 0 Å². The van der Waals surface area contributed by atoms with Crippen LogP contribution in [-0.4, -0.2) is 25.7 Å². The molecule has 0 aliphatic heterocycles. The van der Waals surface area contributed by atoms with E-state index in [1.165, 1.54) is 0 Å². The van der Waals surface area contributed by atoms with E-state index in [1.807, 2.05) is 19.0 Å². The van der Waals surface area contributed by atoms with E-state index in [9.17, 15) is 0 Å². The molecular weight excluding hydrogens is 134 g/mol. The summed E-state index contributed by atoms with van der Waals surface area (Å²) in [6.07, 6.45) is 1.80. The Labute approximate surface area is 59.8 Å². The van der Waals surface area contributed by atoms with Crippen molar-refractivity contribution in [2.24, 2.45) is 10.1 Å². The van der Waals surface area contributed by atoms with Crippen LogP contribution in [0.1, 0.15) is 0 Å². The molecule has 0 heterocycles. The van der Waals surface area contributed by atoms with Gasteiger partial charge in [0, 0.05) is 20.3 Å². The molecule has 0 aliphatic carbocycles. The molecule has 0 aliphatic rings. The van der Waals surface area contributed by atoms with Crippen LogP contribution in [0.15, 0.2) is 16.2 Å². The van der Waals surface area contributed by atoms with Crippen molar-refractivity contribution in [1.29, 1.82) is 0 Å². The fourth-order valence-electron chi connectivity index (χ4n) is 0.329. The molecule has 0 unspecified atom stereocenters. The molecule has 0 rings (SSSR count). The Balaban J connectivity index is 3.90. The van der Waals surface area contributed by atoms with Gasteiger partial charge in [-0.25, -0.2) is 0 Å². The Morgan fingerprint density at radius 1 is 1.78 bits per heavy atom. The Bertz CT molecular complexity index is 119. The highest BCUT2D eigenvalue weighted by Crippen LogP contribution is 2.07. The minimum Gasteiger partial charge on any atom is -0.381 e. The van der Waals surface area contributed by atoms with E-state index in [0.717, 1.165) is 17.0 Å². The summed E-state index contributed by atoms with van der Waals surface area (Å²) in [5.41, 5.74) is 0. The van der Waals surface area contributed by atoms with Gasteiger partial charge in [-0.15, -0.1) is 0 Å². The van der Waals surface area contributed by atoms with Crippen molar-refractivity contribution in [1.82, 2.24) is 4.90 Å². The van der Waals surface area contributed by atoms with E-state index in [4.69, 9.17) is 5.14 Å². The molecule has 0 aromatic carbocycles. The van der Waals surface area contributed by atoms with Gasteiger partial charge < -0.3 is 4.90 Å². The molecule has 9 heavy (non-hydrogen) atoms. The lowest BCUT2D eigenvalue weighted by molar-refractivity contribution is 0.561. The van der Waals surface area contributed by atoms with Gasteiger partial charge in [0.15, 0.2) is 0 Å². The van der Waals surface area contributed by atoms with E-state index in [2.05, 4.69) is 11.7 Å². The van der Waals surface area contributed by atoms with E-state index < -0.39 is 0 Å². The second-order valence-electron chi connectivity index (χ2n) is 1.71. The minimum atomic E-state index is 0.722. The summed E-state index contributed by atoms with van der Waals surface area (Å²) in [6.45, 7) is 3.34. The quantitative estimate of drug-likeness (QED) is 0.468. The lowest BCUT2D eigenvalue weighted by Gasteiger charge is -2.04. The molecule has 0 fully saturated rings. The maximum atomic E-state index is 5.22. The summed E-state index contributed by atoms with van der Waals surface area (Å²) in [6, 6.07) is 0. The summed E-state index contributed by atoms with van der Waals surface area (Å²) in [5.74, 6) is 0. The van der Waals surface area contributed by atoms with E-state index in [-0.39, 0.29) is 0 Å². The third kappa shape index (κ3) is 4.05. The second kappa shape index (κ2) is 4.40. The van der Waals surface area contributed by atoms with Crippen molar-refractivity contribution in [2.75, 3.05) is 14.1 Å². The topological polar surface area (TPSA) is 41.6 Å². The number of nitrogens with zero attached hydrogens (tertiary/aromatic N) is 2. The average Bonchev–Trinajstić information content (AvgIpc) is 1.82. The molecule has 4 heteroatoms. The van der Waals surface area contributed by atoms with Crippen LogP contribution in [0.5, 0.6) is 0 Å². The van der Waals surface area contributed by atoms with Gasteiger partial charge in [0.1, 0.15) is 5.03 Å². The van der Waals surface area contributed by atoms with Crippen molar-refractivity contribution < 1.29 is 0 Å². The molecular formula is C5H11N3S. The van der Waals surface area contributed by atoms with Crippen molar-refractivity contribution in [3.63, 3.8) is 0 Å². The molecule has 0 saturated heterocycles. The van der Waals surface area contributed by atoms with E-state index >= 15 is 0 Å². The zero-order valence-corrected chi connectivity index (χ0v) is 6.48. The predicted molar refractivity (Wildman–Crippen MR) is 43.1 cm³/mol. The molecule has 3 nitrogen and oxygen atoms in total. The van der Waals surface area contributed by atoms with Crippen molar-refractivity contribution in [3.05, 3.63) is 11.2 Å². The molecule has 0 spiro atoms. The van der Waals surface area contributed by atoms with Crippen LogP contribution in [-0.2, 0) is 0 Å². The van der Waals surface area contributed by atoms with Crippen LogP contribution in [0, 0.1) is 0 Å². The van der Waals surface area contributed by atoms with Crippen LogP contribution in [0.3, 0.4) is 0 Å². The summed E-state index contributed by atoms with van der Waals surface area (Å²) in [5, 5.41) is 5.94. The molecule has 52 valence electrons. The highest BCUT2D eigenvalue weighted by Gasteiger charge is 1.87. The summed E-state index contributed by atoms with van der Waals surface area (Å²) in [4.78, 5) is 5.52. The Kier molecular flexibility index (Phi) is 4.17. The van der Waals surface area contributed by atoms with Gasteiger partial charge in [0.25, 0.3) is 0 Å². The van der Waals surface area contributed by atoms with Gasteiger partial charge in [-0.1, -0.05) is 0 Å². The van der Waals surface area contributed by atoms with Gasteiger partial charge in [-0.05, 0) is 18.7 Å². The fourth-order valence-corrected chi connectivity index (χ4v) is 0.676. The first-order valence-corrected chi connectivity index (χ1v) is 3.30. The summed E-state index contributed by atoms with van der Waals surface area (Å²) < 4.78 is 0. The predicted octanol–water partition coefficient (Wildman–Crippen LogP) is 0.654. The number of hydrogen-bond acceptors (Lipinski definition) is 4. The highest BCUT2D eigenvalue weighted by atomic mass is 32.2. The summed E-state index contributed by atoms with van der Waals surface area (Å²) in [7, 11) is 3.81.